The highest BCUT2D eigenvalue weighted by molar-refractivity contribution is 7.22. The number of fused-ring (bicyclic) bond motifs is 1. The Kier molecular flexibility index (Phi) is 15.7. The van der Waals surface area contributed by atoms with Crippen LogP contribution in [0, 0.1) is 33.8 Å². The van der Waals surface area contributed by atoms with Crippen LogP contribution in [-0.4, -0.2) is 79.4 Å². The fourth-order valence-electron chi connectivity index (χ4n) is 8.12. The first-order valence-corrected chi connectivity index (χ1v) is 23.5. The number of benzene rings is 4. The summed E-state index contributed by atoms with van der Waals surface area (Å²) >= 11 is 1.18. The van der Waals surface area contributed by atoms with E-state index in [4.69, 9.17) is 42.9 Å². The number of unbranched alkanes of at least 4 members (excludes halogenated alkanes) is 1. The van der Waals surface area contributed by atoms with Gasteiger partial charge in [-0.1, -0.05) is 0 Å². The number of rotatable bonds is 19. The molecule has 3 fully saturated rings. The van der Waals surface area contributed by atoms with Gasteiger partial charge < -0.3 is 37.9 Å². The summed E-state index contributed by atoms with van der Waals surface area (Å²) in [5.74, 6) is -2.38. The van der Waals surface area contributed by atoms with Gasteiger partial charge in [-0.2, -0.15) is 0 Å². The number of nitrogens with zero attached hydrogens (tertiary/aromatic N) is 2. The van der Waals surface area contributed by atoms with Gasteiger partial charge in [0.2, 0.25) is 0 Å². The van der Waals surface area contributed by atoms with Crippen molar-refractivity contribution in [2.45, 2.75) is 70.3 Å². The molecule has 1 atom stereocenters. The molecule has 0 spiro atoms. The first-order valence-electron chi connectivity index (χ1n) is 22.7. The number of hydrogen-bond acceptors (Lipinski definition) is 17. The second kappa shape index (κ2) is 22.4. The number of nitro groups is 1. The van der Waals surface area contributed by atoms with Crippen LogP contribution in [0.5, 0.6) is 28.7 Å². The average Bonchev–Trinajstić information content (AvgIpc) is 4.08. The van der Waals surface area contributed by atoms with Crippen LogP contribution in [-0.2, 0) is 33.4 Å². The molecule has 18 heteroatoms. The van der Waals surface area contributed by atoms with Crippen LogP contribution in [0.1, 0.15) is 74.6 Å². The molecule has 68 heavy (non-hydrogen) atoms. The summed E-state index contributed by atoms with van der Waals surface area (Å²) in [6, 6.07) is 21.8. The number of carbonyl (C=O) groups excluding carboxylic acids is 5. The minimum Gasteiger partial charge on any atom is -0.497 e. The predicted octanol–water partition coefficient (Wildman–Crippen LogP) is 8.87. The topological polar surface area (TPSA) is 219 Å². The molecule has 356 valence electrons. The lowest BCUT2D eigenvalue weighted by Crippen LogP contribution is -2.30. The molecule has 1 aromatic heterocycles. The lowest BCUT2D eigenvalue weighted by Gasteiger charge is -2.26. The van der Waals surface area contributed by atoms with Gasteiger partial charge in [0.1, 0.15) is 38.6 Å². The Morgan fingerprint density at radius 1 is 0.647 bits per heavy atom. The van der Waals surface area contributed by atoms with Crippen molar-refractivity contribution >= 4 is 57.1 Å². The Bertz CT molecular complexity index is 2590. The highest BCUT2D eigenvalue weighted by Crippen LogP contribution is 2.43. The lowest BCUT2D eigenvalue weighted by molar-refractivity contribution is -0.384. The second-order valence-corrected chi connectivity index (χ2v) is 17.9. The van der Waals surface area contributed by atoms with Gasteiger partial charge in [-0.25, -0.2) is 9.78 Å². The molecule has 0 bridgehead atoms. The first kappa shape index (κ1) is 47.7. The van der Waals surface area contributed by atoms with Crippen molar-refractivity contribution in [2.75, 3.05) is 33.5 Å². The van der Waals surface area contributed by atoms with Gasteiger partial charge in [-0.15, -0.1) is 11.3 Å². The number of non-ortho nitro benzene ring substituents is 1. The molecular weight excluding hydrogens is 901 g/mol. The molecule has 0 radical (unpaired) electrons. The van der Waals surface area contributed by atoms with Gasteiger partial charge in [0, 0.05) is 24.3 Å². The summed E-state index contributed by atoms with van der Waals surface area (Å²) in [6.07, 6.45) is 4.87. The molecule has 5 aromatic rings. The Labute approximate surface area is 395 Å². The van der Waals surface area contributed by atoms with Crippen molar-refractivity contribution in [3.63, 3.8) is 0 Å². The van der Waals surface area contributed by atoms with Crippen molar-refractivity contribution in [2.24, 2.45) is 23.7 Å². The summed E-state index contributed by atoms with van der Waals surface area (Å²) in [4.78, 5) is 81.4. The third-order valence-electron chi connectivity index (χ3n) is 12.2. The Balaban J connectivity index is 0.849. The van der Waals surface area contributed by atoms with E-state index in [0.717, 1.165) is 13.0 Å². The van der Waals surface area contributed by atoms with E-state index in [0.29, 0.717) is 103 Å². The number of aromatic nitrogens is 1. The molecule has 4 aromatic carbocycles. The number of esters is 5. The first-order chi connectivity index (χ1) is 33.0. The largest absolute Gasteiger partial charge is 0.497 e. The van der Waals surface area contributed by atoms with E-state index in [1.807, 2.05) is 0 Å². The van der Waals surface area contributed by atoms with Gasteiger partial charge >= 0.3 is 29.8 Å². The zero-order valence-corrected chi connectivity index (χ0v) is 38.1. The lowest BCUT2D eigenvalue weighted by atomic mass is 9.82. The minimum absolute atomic E-state index is 0.0945. The molecule has 17 nitrogen and oxygen atoms in total. The third-order valence-corrected chi connectivity index (χ3v) is 13.3. The molecule has 2 heterocycles. The van der Waals surface area contributed by atoms with Crippen molar-refractivity contribution in [1.82, 2.24) is 4.98 Å². The molecule has 0 amide bonds. The zero-order chi connectivity index (χ0) is 47.6. The minimum atomic E-state index is -0.507. The van der Waals surface area contributed by atoms with Crippen LogP contribution < -0.4 is 23.7 Å². The maximum absolute atomic E-state index is 13.7. The van der Waals surface area contributed by atoms with Crippen molar-refractivity contribution in [1.29, 1.82) is 0 Å². The van der Waals surface area contributed by atoms with E-state index < -0.39 is 46.6 Å². The molecule has 0 N–H and O–H groups in total. The van der Waals surface area contributed by atoms with Crippen LogP contribution in [0.2, 0.25) is 0 Å². The van der Waals surface area contributed by atoms with E-state index >= 15 is 0 Å². The van der Waals surface area contributed by atoms with E-state index in [9.17, 15) is 34.1 Å². The van der Waals surface area contributed by atoms with Crippen LogP contribution in [0.25, 0.3) is 20.8 Å². The number of nitro benzene ring substituents is 1. The van der Waals surface area contributed by atoms with E-state index in [1.165, 1.54) is 29.5 Å². The number of epoxide rings is 1. The smallest absolute Gasteiger partial charge is 0.338 e. The molecular formula is C50H50N2O15S. The number of methoxy groups -OCH3 is 1. The normalized spacial score (nSPS) is 19.9. The highest BCUT2D eigenvalue weighted by atomic mass is 32.1. The second-order valence-electron chi connectivity index (χ2n) is 16.9. The SMILES string of the molecule is COc1ccc(OC(=O)C2CCC(C(=O)Oc3ccc(OC(=O)C4CCC(C(=O)Oc5ccc(C(=O)OCCCCOCC6CO6)cc5)CC4)c4sc(-c5ccc([N+](=O)[O-])cc5)nc34)CC2)cc1. The van der Waals surface area contributed by atoms with Crippen molar-refractivity contribution in [3.8, 4) is 39.3 Å². The van der Waals surface area contributed by atoms with Gasteiger partial charge in [-0.3, -0.25) is 29.3 Å². The van der Waals surface area contributed by atoms with Gasteiger partial charge in [-0.05, 0) is 137 Å². The van der Waals surface area contributed by atoms with Crippen LogP contribution in [0.15, 0.2) is 84.9 Å². The van der Waals surface area contributed by atoms with Crippen molar-refractivity contribution < 1.29 is 66.8 Å². The van der Waals surface area contributed by atoms with E-state index in [1.54, 1.807) is 73.8 Å². The number of carbonyl (C=O) groups is 5. The molecule has 2 aliphatic carbocycles. The summed E-state index contributed by atoms with van der Waals surface area (Å²) < 4.78 is 44.7. The van der Waals surface area contributed by atoms with Gasteiger partial charge in [0.25, 0.3) is 5.69 Å². The third kappa shape index (κ3) is 12.4. The molecule has 1 saturated heterocycles. The number of hydrogen-bond donors (Lipinski definition) is 0. The maximum Gasteiger partial charge on any atom is 0.338 e. The molecule has 3 aliphatic rings. The molecule has 8 rings (SSSR count). The highest BCUT2D eigenvalue weighted by Gasteiger charge is 2.35. The average molecular weight is 951 g/mol. The number of thiazole rings is 1. The summed E-state index contributed by atoms with van der Waals surface area (Å²) in [6.45, 7) is 2.17. The Morgan fingerprint density at radius 3 is 1.66 bits per heavy atom. The van der Waals surface area contributed by atoms with Gasteiger partial charge in [0.15, 0.2) is 11.5 Å². The van der Waals surface area contributed by atoms with Crippen LogP contribution in [0.3, 0.4) is 0 Å². The van der Waals surface area contributed by atoms with E-state index in [-0.39, 0.29) is 53.1 Å². The van der Waals surface area contributed by atoms with Crippen LogP contribution in [0.4, 0.5) is 5.69 Å². The summed E-state index contributed by atoms with van der Waals surface area (Å²) in [5, 5.41) is 11.8. The standard InChI is InChI=1S/C50H50N2O15S/c1-60-37-20-22-39(23-21-37)65-48(55)33-4-8-34(9-5-33)49(56)66-41-24-25-42(44-43(41)51-45(68-44)30-12-16-36(17-13-30)52(58)59)67-50(57)35-10-6-32(7-11-35)47(54)64-38-18-14-31(15-19-38)46(53)62-27-3-2-26-61-28-40-29-63-40/h12-25,32-35,40H,2-11,26-29H2,1H3. The molecule has 1 aliphatic heterocycles. The Morgan fingerprint density at radius 2 is 1.13 bits per heavy atom. The van der Waals surface area contributed by atoms with Gasteiger partial charge in [0.05, 0.1) is 61.1 Å². The molecule has 2 saturated carbocycles. The molecule has 1 unspecified atom stereocenters. The summed E-state index contributed by atoms with van der Waals surface area (Å²) in [7, 11) is 1.55. The van der Waals surface area contributed by atoms with E-state index in [2.05, 4.69) is 0 Å². The zero-order valence-electron chi connectivity index (χ0n) is 37.3. The quantitative estimate of drug-likeness (QED) is 0.0188. The predicted molar refractivity (Wildman–Crippen MR) is 245 cm³/mol. The Hall–Kier alpha value is -6.76. The van der Waals surface area contributed by atoms with Crippen LogP contribution >= 0.6 is 11.3 Å². The fourth-order valence-corrected chi connectivity index (χ4v) is 9.16. The van der Waals surface area contributed by atoms with Crippen molar-refractivity contribution in [3.05, 3.63) is 101 Å². The summed E-state index contributed by atoms with van der Waals surface area (Å²) in [5.41, 5.74) is 1.08. The monoisotopic (exact) mass is 950 g/mol. The fraction of sp³-hybridized carbons (Fsp3) is 0.400. The number of ether oxygens (including phenoxy) is 8. The maximum atomic E-state index is 13.7.